The highest BCUT2D eigenvalue weighted by atomic mass is 16.3. The molecular formula is C22H25N3O3. The number of carbonyl (C=O) groups is 2. The molecule has 6 heteroatoms. The van der Waals surface area contributed by atoms with Crippen molar-refractivity contribution >= 4 is 33.6 Å². The molecule has 146 valence electrons. The highest BCUT2D eigenvalue weighted by Crippen LogP contribution is 2.38. The lowest BCUT2D eigenvalue weighted by Crippen LogP contribution is -2.38. The van der Waals surface area contributed by atoms with Gasteiger partial charge in [0.05, 0.1) is 16.6 Å². The summed E-state index contributed by atoms with van der Waals surface area (Å²) in [5, 5.41) is 11.5. The van der Waals surface area contributed by atoms with E-state index in [4.69, 9.17) is 0 Å². The highest BCUT2D eigenvalue weighted by Gasteiger charge is 2.38. The lowest BCUT2D eigenvalue weighted by atomic mass is 9.97. The van der Waals surface area contributed by atoms with Gasteiger partial charge >= 0.3 is 0 Å². The Balaban J connectivity index is 1.88. The SMILES string of the molecule is CCc1cc2c(c3c1[nH]c1ccc(O)cc13)C(=O)N(CCN(CC)CC)C2=O. The van der Waals surface area contributed by atoms with Crippen LogP contribution in [0.1, 0.15) is 47.1 Å². The fourth-order valence-electron chi connectivity index (χ4n) is 4.16. The number of aromatic amines is 1. The largest absolute Gasteiger partial charge is 0.508 e. The van der Waals surface area contributed by atoms with Gasteiger partial charge in [0, 0.05) is 29.4 Å². The molecule has 2 aromatic carbocycles. The van der Waals surface area contributed by atoms with E-state index in [1.165, 1.54) is 4.90 Å². The molecule has 0 unspecified atom stereocenters. The molecule has 0 aliphatic carbocycles. The number of nitrogens with one attached hydrogen (secondary N) is 1. The highest BCUT2D eigenvalue weighted by molar-refractivity contribution is 6.30. The first-order valence-electron chi connectivity index (χ1n) is 9.88. The van der Waals surface area contributed by atoms with Crippen LogP contribution in [0.15, 0.2) is 24.3 Å². The number of aryl methyl sites for hydroxylation is 1. The van der Waals surface area contributed by atoms with Crippen molar-refractivity contribution in [1.29, 1.82) is 0 Å². The molecule has 0 saturated heterocycles. The summed E-state index contributed by atoms with van der Waals surface area (Å²) in [7, 11) is 0. The molecule has 0 saturated carbocycles. The molecule has 2 amide bonds. The molecule has 1 aliphatic rings. The predicted molar refractivity (Wildman–Crippen MR) is 110 cm³/mol. The van der Waals surface area contributed by atoms with Gasteiger partial charge in [-0.15, -0.1) is 0 Å². The van der Waals surface area contributed by atoms with E-state index in [0.29, 0.717) is 24.2 Å². The van der Waals surface area contributed by atoms with Crippen molar-refractivity contribution in [3.8, 4) is 5.75 Å². The van der Waals surface area contributed by atoms with Crippen molar-refractivity contribution in [2.75, 3.05) is 26.2 Å². The number of nitrogens with zero attached hydrogens (tertiary/aromatic N) is 2. The van der Waals surface area contributed by atoms with Gasteiger partial charge in [0.1, 0.15) is 5.75 Å². The number of rotatable bonds is 6. The molecular weight excluding hydrogens is 354 g/mol. The molecule has 0 fully saturated rings. The van der Waals surface area contributed by atoms with Crippen LogP contribution in [0.2, 0.25) is 0 Å². The van der Waals surface area contributed by atoms with Gasteiger partial charge in [-0.1, -0.05) is 20.8 Å². The molecule has 2 heterocycles. The summed E-state index contributed by atoms with van der Waals surface area (Å²) in [4.78, 5) is 33.2. The standard InChI is InChI=1S/C22H25N3O3/c1-4-13-11-16-19(18-15-12-14(26)7-8-17(15)23-20(13)18)22(28)25(21(16)27)10-9-24(5-2)6-3/h7-8,11-12,23,26H,4-6,9-10H2,1-3H3. The minimum Gasteiger partial charge on any atom is -0.508 e. The van der Waals surface area contributed by atoms with Crippen LogP contribution in [0.4, 0.5) is 0 Å². The Morgan fingerprint density at radius 3 is 2.50 bits per heavy atom. The van der Waals surface area contributed by atoms with Crippen molar-refractivity contribution < 1.29 is 14.7 Å². The van der Waals surface area contributed by atoms with E-state index < -0.39 is 0 Å². The van der Waals surface area contributed by atoms with Crippen LogP contribution < -0.4 is 0 Å². The maximum Gasteiger partial charge on any atom is 0.262 e. The third-order valence-corrected chi connectivity index (χ3v) is 5.79. The number of aromatic nitrogens is 1. The van der Waals surface area contributed by atoms with E-state index in [-0.39, 0.29) is 17.6 Å². The van der Waals surface area contributed by atoms with Gasteiger partial charge in [-0.05, 0) is 49.3 Å². The number of amides is 2. The zero-order chi connectivity index (χ0) is 20.0. The van der Waals surface area contributed by atoms with Crippen molar-refractivity contribution in [2.45, 2.75) is 27.2 Å². The second-order valence-corrected chi connectivity index (χ2v) is 7.21. The van der Waals surface area contributed by atoms with Gasteiger partial charge in [0.15, 0.2) is 0 Å². The van der Waals surface area contributed by atoms with Crippen LogP contribution in [-0.2, 0) is 6.42 Å². The minimum absolute atomic E-state index is 0.138. The Kier molecular flexibility index (Phi) is 4.59. The Hall–Kier alpha value is -2.86. The number of phenols is 1. The molecule has 1 aliphatic heterocycles. The lowest BCUT2D eigenvalue weighted by Gasteiger charge is -2.21. The molecule has 3 aromatic rings. The molecule has 28 heavy (non-hydrogen) atoms. The first-order chi connectivity index (χ1) is 13.5. The first kappa shape index (κ1) is 18.5. The Morgan fingerprint density at radius 1 is 1.07 bits per heavy atom. The summed E-state index contributed by atoms with van der Waals surface area (Å²) < 4.78 is 0. The molecule has 0 bridgehead atoms. The number of benzene rings is 2. The van der Waals surface area contributed by atoms with Crippen molar-refractivity contribution in [1.82, 2.24) is 14.8 Å². The van der Waals surface area contributed by atoms with Gasteiger partial charge in [0.25, 0.3) is 11.8 Å². The zero-order valence-corrected chi connectivity index (χ0v) is 16.5. The number of likely N-dealkylation sites (N-methyl/N-ethyl adjacent to an activating group) is 1. The van der Waals surface area contributed by atoms with Crippen LogP contribution in [-0.4, -0.2) is 57.9 Å². The summed E-state index contributed by atoms with van der Waals surface area (Å²) in [6.07, 6.45) is 0.740. The molecule has 0 radical (unpaired) electrons. The molecule has 0 spiro atoms. The number of H-pyrrole nitrogens is 1. The van der Waals surface area contributed by atoms with Crippen LogP contribution in [0.5, 0.6) is 5.75 Å². The first-order valence-corrected chi connectivity index (χ1v) is 9.88. The third kappa shape index (κ3) is 2.67. The van der Waals surface area contributed by atoms with Gasteiger partial charge in [-0.25, -0.2) is 0 Å². The molecule has 0 atom stereocenters. The van der Waals surface area contributed by atoms with E-state index >= 15 is 0 Å². The number of hydrogen-bond acceptors (Lipinski definition) is 4. The van der Waals surface area contributed by atoms with E-state index in [1.807, 2.05) is 13.0 Å². The number of imide groups is 1. The normalized spacial score (nSPS) is 14.1. The van der Waals surface area contributed by atoms with Crippen LogP contribution >= 0.6 is 0 Å². The number of aromatic hydroxyl groups is 1. The lowest BCUT2D eigenvalue weighted by molar-refractivity contribution is 0.0638. The average Bonchev–Trinajstić information content (AvgIpc) is 3.18. The topological polar surface area (TPSA) is 76.6 Å². The Morgan fingerprint density at radius 2 is 1.82 bits per heavy atom. The predicted octanol–water partition coefficient (Wildman–Crippen LogP) is 3.53. The third-order valence-electron chi connectivity index (χ3n) is 5.79. The monoisotopic (exact) mass is 379 g/mol. The maximum atomic E-state index is 13.2. The number of phenolic OH excluding ortho intramolecular Hbond substituents is 1. The van der Waals surface area contributed by atoms with E-state index in [9.17, 15) is 14.7 Å². The molecule has 4 rings (SSSR count). The quantitative estimate of drug-likeness (QED) is 0.643. The summed E-state index contributed by atoms with van der Waals surface area (Å²) in [6, 6.07) is 6.93. The fourth-order valence-corrected chi connectivity index (χ4v) is 4.16. The van der Waals surface area contributed by atoms with Gasteiger partial charge < -0.3 is 15.0 Å². The van der Waals surface area contributed by atoms with Gasteiger partial charge in [-0.2, -0.15) is 0 Å². The van der Waals surface area contributed by atoms with Crippen LogP contribution in [0.25, 0.3) is 21.8 Å². The Labute approximate surface area is 163 Å². The second kappa shape index (κ2) is 6.95. The van der Waals surface area contributed by atoms with Gasteiger partial charge in [-0.3, -0.25) is 14.5 Å². The number of fused-ring (bicyclic) bond motifs is 5. The maximum absolute atomic E-state index is 13.2. The smallest absolute Gasteiger partial charge is 0.262 e. The Bertz CT molecular complexity index is 1100. The zero-order valence-electron chi connectivity index (χ0n) is 16.5. The van der Waals surface area contributed by atoms with E-state index in [2.05, 4.69) is 23.7 Å². The van der Waals surface area contributed by atoms with Crippen LogP contribution in [0, 0.1) is 0 Å². The van der Waals surface area contributed by atoms with Crippen molar-refractivity contribution in [3.05, 3.63) is 41.0 Å². The summed E-state index contributed by atoms with van der Waals surface area (Å²) >= 11 is 0. The van der Waals surface area contributed by atoms with Crippen molar-refractivity contribution in [2.24, 2.45) is 0 Å². The summed E-state index contributed by atoms with van der Waals surface area (Å²) in [5.41, 5.74) is 3.63. The fraction of sp³-hybridized carbons (Fsp3) is 0.364. The molecule has 1 aromatic heterocycles. The molecule has 2 N–H and O–H groups in total. The van der Waals surface area contributed by atoms with Crippen molar-refractivity contribution in [3.63, 3.8) is 0 Å². The number of carbonyl (C=O) groups excluding carboxylic acids is 2. The number of hydrogen-bond donors (Lipinski definition) is 2. The second-order valence-electron chi connectivity index (χ2n) is 7.21. The summed E-state index contributed by atoms with van der Waals surface area (Å²) in [5.74, 6) is -0.332. The van der Waals surface area contributed by atoms with E-state index in [1.54, 1.807) is 18.2 Å². The minimum atomic E-state index is -0.246. The summed E-state index contributed by atoms with van der Waals surface area (Å²) in [6.45, 7) is 8.98. The van der Waals surface area contributed by atoms with Gasteiger partial charge in [0.2, 0.25) is 0 Å². The molecule has 6 nitrogen and oxygen atoms in total. The van der Waals surface area contributed by atoms with Crippen LogP contribution in [0.3, 0.4) is 0 Å². The van der Waals surface area contributed by atoms with E-state index in [0.717, 1.165) is 46.9 Å². The average molecular weight is 379 g/mol.